The van der Waals surface area contributed by atoms with Crippen LogP contribution in [0.4, 0.5) is 4.79 Å². The summed E-state index contributed by atoms with van der Waals surface area (Å²) in [5, 5.41) is 5.77. The second kappa shape index (κ2) is 4.41. The molecule has 1 heterocycles. The van der Waals surface area contributed by atoms with Gasteiger partial charge >= 0.3 is 6.03 Å². The molecule has 3 nitrogen and oxygen atoms in total. The van der Waals surface area contributed by atoms with E-state index in [1.165, 1.54) is 11.3 Å². The van der Waals surface area contributed by atoms with E-state index in [0.29, 0.717) is 6.04 Å². The summed E-state index contributed by atoms with van der Waals surface area (Å²) < 4.78 is 0.751. The molecule has 1 atom stereocenters. The summed E-state index contributed by atoms with van der Waals surface area (Å²) in [4.78, 5) is 12.5. The van der Waals surface area contributed by atoms with Crippen molar-refractivity contribution in [3.05, 3.63) is 21.3 Å². The Morgan fingerprint density at radius 3 is 2.87 bits per heavy atom. The zero-order valence-electron chi connectivity index (χ0n) is 8.42. The standard InChI is InChI=1S/C10H13ClN2OS/c1-6(8-4-5-9(11)15-8)12-10(14)13-7-2-3-7/h4-7H,2-3H2,1H3,(H2,12,13,14). The molecule has 82 valence electrons. The predicted octanol–water partition coefficient (Wildman–Crippen LogP) is 2.92. The van der Waals surface area contributed by atoms with E-state index >= 15 is 0 Å². The molecule has 2 amide bonds. The van der Waals surface area contributed by atoms with Gasteiger partial charge in [0.15, 0.2) is 0 Å². The molecule has 15 heavy (non-hydrogen) atoms. The fraction of sp³-hybridized carbons (Fsp3) is 0.500. The number of halogens is 1. The highest BCUT2D eigenvalue weighted by molar-refractivity contribution is 7.16. The number of carbonyl (C=O) groups excluding carboxylic acids is 1. The topological polar surface area (TPSA) is 41.1 Å². The van der Waals surface area contributed by atoms with Crippen LogP contribution in [0.25, 0.3) is 0 Å². The van der Waals surface area contributed by atoms with Gasteiger partial charge in [0.05, 0.1) is 10.4 Å². The van der Waals surface area contributed by atoms with Gasteiger partial charge in [-0.1, -0.05) is 11.6 Å². The fourth-order valence-corrected chi connectivity index (χ4v) is 2.35. The van der Waals surface area contributed by atoms with Crippen molar-refractivity contribution in [2.45, 2.75) is 31.8 Å². The molecule has 1 aromatic heterocycles. The van der Waals surface area contributed by atoms with Crippen LogP contribution in [-0.2, 0) is 0 Å². The lowest BCUT2D eigenvalue weighted by Gasteiger charge is -2.12. The molecule has 1 aromatic rings. The minimum absolute atomic E-state index is 0.0150. The maximum Gasteiger partial charge on any atom is 0.315 e. The summed E-state index contributed by atoms with van der Waals surface area (Å²) in [6, 6.07) is 4.10. The fourth-order valence-electron chi connectivity index (χ4n) is 1.28. The number of rotatable bonds is 3. The number of hydrogen-bond donors (Lipinski definition) is 2. The second-order valence-corrected chi connectivity index (χ2v) is 5.50. The van der Waals surface area contributed by atoms with E-state index < -0.39 is 0 Å². The Hall–Kier alpha value is -0.740. The summed E-state index contributed by atoms with van der Waals surface area (Å²) in [5.74, 6) is 0. The van der Waals surface area contributed by atoms with E-state index in [2.05, 4.69) is 10.6 Å². The smallest absolute Gasteiger partial charge is 0.315 e. The Balaban J connectivity index is 1.85. The third kappa shape index (κ3) is 3.11. The van der Waals surface area contributed by atoms with Crippen molar-refractivity contribution in [2.75, 3.05) is 0 Å². The molecule has 0 bridgehead atoms. The molecule has 1 unspecified atom stereocenters. The van der Waals surface area contributed by atoms with Crippen LogP contribution in [0.3, 0.4) is 0 Å². The van der Waals surface area contributed by atoms with Gasteiger partial charge in [-0.05, 0) is 31.9 Å². The van der Waals surface area contributed by atoms with E-state index in [1.807, 2.05) is 19.1 Å². The SMILES string of the molecule is CC(NC(=O)NC1CC1)c1ccc(Cl)s1. The van der Waals surface area contributed by atoms with Gasteiger partial charge in [0.1, 0.15) is 0 Å². The van der Waals surface area contributed by atoms with Crippen LogP contribution in [0.5, 0.6) is 0 Å². The molecule has 1 aliphatic carbocycles. The third-order valence-electron chi connectivity index (χ3n) is 2.28. The quantitative estimate of drug-likeness (QED) is 0.844. The highest BCUT2D eigenvalue weighted by Crippen LogP contribution is 2.26. The molecule has 1 aliphatic rings. The Bertz CT molecular complexity index is 362. The normalized spacial score (nSPS) is 17.2. The number of thiophene rings is 1. The highest BCUT2D eigenvalue weighted by atomic mass is 35.5. The van der Waals surface area contributed by atoms with Crippen molar-refractivity contribution in [2.24, 2.45) is 0 Å². The first-order chi connectivity index (χ1) is 7.15. The lowest BCUT2D eigenvalue weighted by atomic mass is 10.3. The lowest BCUT2D eigenvalue weighted by molar-refractivity contribution is 0.237. The van der Waals surface area contributed by atoms with Crippen molar-refractivity contribution < 1.29 is 4.79 Å². The van der Waals surface area contributed by atoms with Crippen LogP contribution in [0.1, 0.15) is 30.7 Å². The van der Waals surface area contributed by atoms with Crippen LogP contribution in [0.2, 0.25) is 4.34 Å². The van der Waals surface area contributed by atoms with Crippen LogP contribution in [0.15, 0.2) is 12.1 Å². The number of carbonyl (C=O) groups is 1. The number of amides is 2. The van der Waals surface area contributed by atoms with E-state index in [0.717, 1.165) is 22.1 Å². The first-order valence-electron chi connectivity index (χ1n) is 4.97. The summed E-state index contributed by atoms with van der Waals surface area (Å²) >= 11 is 7.32. The maximum atomic E-state index is 11.4. The van der Waals surface area contributed by atoms with Crippen LogP contribution in [0, 0.1) is 0 Å². The van der Waals surface area contributed by atoms with Crippen molar-refractivity contribution in [1.29, 1.82) is 0 Å². The van der Waals surface area contributed by atoms with Gasteiger partial charge in [-0.25, -0.2) is 4.79 Å². The van der Waals surface area contributed by atoms with Crippen molar-refractivity contribution in [3.8, 4) is 0 Å². The summed E-state index contributed by atoms with van der Waals surface area (Å²) in [6.45, 7) is 1.95. The minimum Gasteiger partial charge on any atom is -0.335 e. The molecule has 5 heteroatoms. The van der Waals surface area contributed by atoms with Crippen molar-refractivity contribution in [3.63, 3.8) is 0 Å². The Morgan fingerprint density at radius 1 is 1.60 bits per heavy atom. The summed E-state index contributed by atoms with van der Waals surface area (Å²) in [7, 11) is 0. The van der Waals surface area contributed by atoms with Gasteiger partial charge in [-0.3, -0.25) is 0 Å². The summed E-state index contributed by atoms with van der Waals surface area (Å²) in [6.07, 6.45) is 2.21. The zero-order chi connectivity index (χ0) is 10.8. The molecular formula is C10H13ClN2OS. The highest BCUT2D eigenvalue weighted by Gasteiger charge is 2.23. The molecule has 0 saturated heterocycles. The molecule has 1 saturated carbocycles. The van der Waals surface area contributed by atoms with Gasteiger partial charge in [0.2, 0.25) is 0 Å². The Labute approximate surface area is 97.8 Å². The largest absolute Gasteiger partial charge is 0.335 e. The molecular weight excluding hydrogens is 232 g/mol. The molecule has 0 aliphatic heterocycles. The van der Waals surface area contributed by atoms with Gasteiger partial charge < -0.3 is 10.6 Å². The lowest BCUT2D eigenvalue weighted by Crippen LogP contribution is -2.37. The van der Waals surface area contributed by atoms with Gasteiger partial charge in [0.25, 0.3) is 0 Å². The first kappa shape index (κ1) is 10.8. The molecule has 0 aromatic carbocycles. The van der Waals surface area contributed by atoms with Crippen LogP contribution >= 0.6 is 22.9 Å². The van der Waals surface area contributed by atoms with Gasteiger partial charge in [-0.15, -0.1) is 11.3 Å². The first-order valence-corrected chi connectivity index (χ1v) is 6.17. The number of urea groups is 1. The second-order valence-electron chi connectivity index (χ2n) is 3.76. The van der Waals surface area contributed by atoms with Crippen molar-refractivity contribution in [1.82, 2.24) is 10.6 Å². The number of nitrogens with one attached hydrogen (secondary N) is 2. The average Bonchev–Trinajstić information content (AvgIpc) is 2.85. The maximum absolute atomic E-state index is 11.4. The number of hydrogen-bond acceptors (Lipinski definition) is 2. The monoisotopic (exact) mass is 244 g/mol. The predicted molar refractivity (Wildman–Crippen MR) is 62.4 cm³/mol. The van der Waals surface area contributed by atoms with Crippen LogP contribution in [-0.4, -0.2) is 12.1 Å². The van der Waals surface area contributed by atoms with Gasteiger partial charge in [-0.2, -0.15) is 0 Å². The Morgan fingerprint density at radius 2 is 2.33 bits per heavy atom. The van der Waals surface area contributed by atoms with Crippen molar-refractivity contribution >= 4 is 29.0 Å². The minimum atomic E-state index is -0.0884. The van der Waals surface area contributed by atoms with E-state index in [1.54, 1.807) is 0 Å². The Kier molecular flexibility index (Phi) is 3.17. The molecule has 2 N–H and O–H groups in total. The summed E-state index contributed by atoms with van der Waals surface area (Å²) in [5.41, 5.74) is 0. The molecule has 2 rings (SSSR count). The average molecular weight is 245 g/mol. The molecule has 0 spiro atoms. The van der Waals surface area contributed by atoms with E-state index in [-0.39, 0.29) is 12.1 Å². The molecule has 1 fully saturated rings. The van der Waals surface area contributed by atoms with Crippen LogP contribution < -0.4 is 10.6 Å². The third-order valence-corrected chi connectivity index (χ3v) is 3.69. The van der Waals surface area contributed by atoms with E-state index in [9.17, 15) is 4.79 Å². The molecule has 0 radical (unpaired) electrons. The van der Waals surface area contributed by atoms with Gasteiger partial charge in [0, 0.05) is 10.9 Å². The zero-order valence-corrected chi connectivity index (χ0v) is 9.99. The van der Waals surface area contributed by atoms with E-state index in [4.69, 9.17) is 11.6 Å².